The molecule has 0 atom stereocenters. The summed E-state index contributed by atoms with van der Waals surface area (Å²) >= 11 is 0. The fraction of sp³-hybridized carbons (Fsp3) is 0.0625. The summed E-state index contributed by atoms with van der Waals surface area (Å²) in [6.45, 7) is 0. The van der Waals surface area contributed by atoms with Gasteiger partial charge in [-0.25, -0.2) is 0 Å². The molecule has 0 radical (unpaired) electrons. The number of methoxy groups -OCH3 is 1. The second-order valence-corrected chi connectivity index (χ2v) is 4.18. The van der Waals surface area contributed by atoms with E-state index in [1.807, 2.05) is 30.5 Å². The van der Waals surface area contributed by atoms with Gasteiger partial charge in [0.2, 0.25) is 5.52 Å². The summed E-state index contributed by atoms with van der Waals surface area (Å²) < 4.78 is 7.28. The molecule has 18 heavy (non-hydrogen) atoms. The summed E-state index contributed by atoms with van der Waals surface area (Å²) in [5.74, 6) is 0.883. The number of fused-ring (bicyclic) bond motifs is 1. The van der Waals surface area contributed by atoms with Crippen molar-refractivity contribution in [1.29, 1.82) is 0 Å². The van der Waals surface area contributed by atoms with Crippen molar-refractivity contribution in [2.75, 3.05) is 7.11 Å². The van der Waals surface area contributed by atoms with Crippen LogP contribution in [0.3, 0.4) is 0 Å². The van der Waals surface area contributed by atoms with Crippen molar-refractivity contribution in [1.82, 2.24) is 0 Å². The van der Waals surface area contributed by atoms with Crippen LogP contribution < -0.4 is 9.14 Å². The maximum absolute atomic E-state index is 5.17. The van der Waals surface area contributed by atoms with Crippen LogP contribution in [0.5, 0.6) is 5.75 Å². The molecule has 1 aromatic carbocycles. The van der Waals surface area contributed by atoms with E-state index in [9.17, 15) is 0 Å². The highest BCUT2D eigenvalue weighted by atomic mass is 16.5. The lowest BCUT2D eigenvalue weighted by atomic mass is 10.1. The van der Waals surface area contributed by atoms with Crippen LogP contribution in [0.15, 0.2) is 67.0 Å². The van der Waals surface area contributed by atoms with Crippen molar-refractivity contribution in [2.24, 2.45) is 0 Å². The zero-order valence-electron chi connectivity index (χ0n) is 10.2. The lowest BCUT2D eigenvalue weighted by molar-refractivity contribution is -0.511. The highest BCUT2D eigenvalue weighted by molar-refractivity contribution is 5.67. The molecule has 0 N–H and O–H groups in total. The van der Waals surface area contributed by atoms with Gasteiger partial charge in [0, 0.05) is 24.3 Å². The predicted molar refractivity (Wildman–Crippen MR) is 71.6 cm³/mol. The third kappa shape index (κ3) is 1.93. The first-order valence-electron chi connectivity index (χ1n) is 5.91. The summed E-state index contributed by atoms with van der Waals surface area (Å²) in [5, 5.41) is 0. The summed E-state index contributed by atoms with van der Waals surface area (Å²) in [7, 11) is 1.68. The molecule has 0 spiro atoms. The third-order valence-corrected chi connectivity index (χ3v) is 3.06. The van der Waals surface area contributed by atoms with Crippen LogP contribution in [0.1, 0.15) is 0 Å². The van der Waals surface area contributed by atoms with Crippen molar-refractivity contribution >= 4 is 5.52 Å². The molecular formula is C16H14NO+. The molecule has 2 aromatic heterocycles. The summed E-state index contributed by atoms with van der Waals surface area (Å²) in [6.07, 6.45) is 4.13. The molecule has 0 aliphatic carbocycles. The lowest BCUT2D eigenvalue weighted by Crippen LogP contribution is -2.19. The van der Waals surface area contributed by atoms with E-state index in [0.29, 0.717) is 0 Å². The standard InChI is InChI=1S/C16H14NO/c1-18-16-7-5-13(6-8-16)14-9-11-17-10-3-2-4-15(17)12-14/h2-12H,1H3/q+1. The van der Waals surface area contributed by atoms with Gasteiger partial charge >= 0.3 is 0 Å². The molecule has 0 aliphatic rings. The van der Waals surface area contributed by atoms with Crippen molar-refractivity contribution in [2.45, 2.75) is 0 Å². The number of rotatable bonds is 2. The topological polar surface area (TPSA) is 13.3 Å². The number of ether oxygens (including phenoxy) is 1. The van der Waals surface area contributed by atoms with Crippen molar-refractivity contribution in [3.05, 3.63) is 67.0 Å². The molecule has 3 rings (SSSR count). The molecule has 0 aliphatic heterocycles. The molecule has 2 heterocycles. The van der Waals surface area contributed by atoms with Crippen LogP contribution in [0, 0.1) is 0 Å². The molecule has 88 valence electrons. The summed E-state index contributed by atoms with van der Waals surface area (Å²) in [5.41, 5.74) is 3.59. The zero-order chi connectivity index (χ0) is 12.4. The molecule has 2 heteroatoms. The second-order valence-electron chi connectivity index (χ2n) is 4.18. The number of pyridine rings is 2. The van der Waals surface area contributed by atoms with Gasteiger partial charge in [0.25, 0.3) is 0 Å². The number of benzene rings is 1. The number of hydrogen-bond acceptors (Lipinski definition) is 1. The van der Waals surface area contributed by atoms with E-state index in [-0.39, 0.29) is 0 Å². The number of nitrogens with zero attached hydrogens (tertiary/aromatic N) is 1. The maximum atomic E-state index is 5.17. The fourth-order valence-corrected chi connectivity index (χ4v) is 2.06. The minimum absolute atomic E-state index is 0.883. The van der Waals surface area contributed by atoms with Crippen LogP contribution in [0.4, 0.5) is 0 Å². The highest BCUT2D eigenvalue weighted by Crippen LogP contribution is 2.22. The Morgan fingerprint density at radius 1 is 0.833 bits per heavy atom. The average Bonchev–Trinajstić information content (AvgIpc) is 2.47. The number of aromatic nitrogens is 1. The first-order valence-corrected chi connectivity index (χ1v) is 5.91. The predicted octanol–water partition coefficient (Wildman–Crippen LogP) is 3.10. The van der Waals surface area contributed by atoms with Gasteiger partial charge in [0.05, 0.1) is 7.11 Å². The number of hydrogen-bond donors (Lipinski definition) is 0. The van der Waals surface area contributed by atoms with E-state index in [4.69, 9.17) is 4.74 Å². The van der Waals surface area contributed by atoms with E-state index >= 15 is 0 Å². The van der Waals surface area contributed by atoms with Gasteiger partial charge in [-0.15, -0.1) is 0 Å². The normalized spacial score (nSPS) is 10.5. The van der Waals surface area contributed by atoms with Gasteiger partial charge in [-0.3, -0.25) is 0 Å². The van der Waals surface area contributed by atoms with Gasteiger partial charge < -0.3 is 4.74 Å². The van der Waals surface area contributed by atoms with E-state index in [0.717, 1.165) is 5.75 Å². The monoisotopic (exact) mass is 236 g/mol. The first-order chi connectivity index (χ1) is 8.86. The van der Waals surface area contributed by atoms with Gasteiger partial charge in [0.15, 0.2) is 12.4 Å². The molecule has 0 unspecified atom stereocenters. The quantitative estimate of drug-likeness (QED) is 0.623. The van der Waals surface area contributed by atoms with Crippen molar-refractivity contribution in [3.63, 3.8) is 0 Å². The molecule has 0 amide bonds. The van der Waals surface area contributed by atoms with Gasteiger partial charge in [-0.05, 0) is 29.3 Å². The Kier molecular flexibility index (Phi) is 2.69. The Balaban J connectivity index is 2.07. The molecular weight excluding hydrogens is 222 g/mol. The van der Waals surface area contributed by atoms with E-state index < -0.39 is 0 Å². The second kappa shape index (κ2) is 4.49. The Bertz CT molecular complexity index is 674. The Hall–Kier alpha value is -2.35. The first kappa shape index (κ1) is 10.8. The molecule has 0 saturated carbocycles. The summed E-state index contributed by atoms with van der Waals surface area (Å²) in [6, 6.07) is 18.6. The average molecular weight is 236 g/mol. The summed E-state index contributed by atoms with van der Waals surface area (Å²) in [4.78, 5) is 0. The molecule has 0 saturated heterocycles. The van der Waals surface area contributed by atoms with Gasteiger partial charge in [-0.2, -0.15) is 4.40 Å². The van der Waals surface area contributed by atoms with Crippen molar-refractivity contribution < 1.29 is 9.14 Å². The van der Waals surface area contributed by atoms with Crippen LogP contribution in [-0.4, -0.2) is 7.11 Å². The third-order valence-electron chi connectivity index (χ3n) is 3.06. The SMILES string of the molecule is COc1ccc(-c2cc[n+]3ccccc3c2)cc1. The Labute approximate surface area is 106 Å². The van der Waals surface area contributed by atoms with E-state index in [1.54, 1.807) is 7.11 Å². The minimum Gasteiger partial charge on any atom is -0.497 e. The molecule has 2 nitrogen and oxygen atoms in total. The van der Waals surface area contributed by atoms with Crippen LogP contribution >= 0.6 is 0 Å². The van der Waals surface area contributed by atoms with Crippen molar-refractivity contribution in [3.8, 4) is 16.9 Å². The van der Waals surface area contributed by atoms with Crippen LogP contribution in [0.2, 0.25) is 0 Å². The van der Waals surface area contributed by atoms with E-state index in [1.165, 1.54) is 16.6 Å². The Morgan fingerprint density at radius 3 is 2.44 bits per heavy atom. The lowest BCUT2D eigenvalue weighted by Gasteiger charge is -2.03. The largest absolute Gasteiger partial charge is 0.497 e. The van der Waals surface area contributed by atoms with Crippen LogP contribution in [-0.2, 0) is 0 Å². The Morgan fingerprint density at radius 2 is 1.67 bits per heavy atom. The smallest absolute Gasteiger partial charge is 0.211 e. The molecule has 3 aromatic rings. The minimum atomic E-state index is 0.883. The van der Waals surface area contributed by atoms with Gasteiger partial charge in [0.1, 0.15) is 5.75 Å². The maximum Gasteiger partial charge on any atom is 0.211 e. The molecule has 0 fully saturated rings. The van der Waals surface area contributed by atoms with Gasteiger partial charge in [-0.1, -0.05) is 12.1 Å². The van der Waals surface area contributed by atoms with E-state index in [2.05, 4.69) is 40.9 Å². The zero-order valence-corrected chi connectivity index (χ0v) is 10.2. The fourth-order valence-electron chi connectivity index (χ4n) is 2.06. The molecule has 0 bridgehead atoms. The highest BCUT2D eigenvalue weighted by Gasteiger charge is 2.04. The van der Waals surface area contributed by atoms with Crippen LogP contribution in [0.25, 0.3) is 16.6 Å².